The highest BCUT2D eigenvalue weighted by Crippen LogP contribution is 2.08. The molecule has 0 bridgehead atoms. The molecule has 0 spiro atoms. The van der Waals surface area contributed by atoms with Gasteiger partial charge in [0.2, 0.25) is 0 Å². The molecule has 0 fully saturated rings. The van der Waals surface area contributed by atoms with Gasteiger partial charge in [-0.2, -0.15) is 0 Å². The molecule has 0 aliphatic rings. The Labute approximate surface area is 76.2 Å². The Morgan fingerprint density at radius 3 is 2.46 bits per heavy atom. The lowest BCUT2D eigenvalue weighted by molar-refractivity contribution is 0.627. The average Bonchev–Trinajstić information content (AvgIpc) is 2.62. The maximum atomic E-state index is 12.6. The molecular formula is C11H10FN. The molecular weight excluding hydrogens is 165 g/mol. The van der Waals surface area contributed by atoms with E-state index in [1.165, 1.54) is 12.1 Å². The third-order valence-electron chi connectivity index (χ3n) is 1.97. The van der Waals surface area contributed by atoms with Gasteiger partial charge >= 0.3 is 0 Å². The predicted octanol–water partition coefficient (Wildman–Crippen LogP) is 2.74. The zero-order valence-corrected chi connectivity index (χ0v) is 7.13. The lowest BCUT2D eigenvalue weighted by Gasteiger charge is -1.98. The molecule has 0 atom stereocenters. The number of aromatic nitrogens is 1. The molecule has 0 amide bonds. The fourth-order valence-corrected chi connectivity index (χ4v) is 1.30. The summed E-state index contributed by atoms with van der Waals surface area (Å²) < 4.78 is 12.6. The number of hydrogen-bond acceptors (Lipinski definition) is 0. The highest BCUT2D eigenvalue weighted by atomic mass is 19.1. The summed E-state index contributed by atoms with van der Waals surface area (Å²) in [5.41, 5.74) is 2.26. The van der Waals surface area contributed by atoms with Crippen LogP contribution in [0.15, 0.2) is 42.6 Å². The average molecular weight is 175 g/mol. The summed E-state index contributed by atoms with van der Waals surface area (Å²) in [4.78, 5) is 3.11. The van der Waals surface area contributed by atoms with Crippen molar-refractivity contribution >= 4 is 0 Å². The number of benzene rings is 1. The maximum Gasteiger partial charge on any atom is 0.123 e. The van der Waals surface area contributed by atoms with E-state index in [-0.39, 0.29) is 5.82 Å². The Hall–Kier alpha value is -1.57. The van der Waals surface area contributed by atoms with Crippen LogP contribution in [0.2, 0.25) is 0 Å². The number of halogens is 1. The molecule has 0 unspecified atom stereocenters. The van der Waals surface area contributed by atoms with Crippen molar-refractivity contribution in [3.8, 4) is 0 Å². The number of aromatic amines is 1. The fraction of sp³-hybridized carbons (Fsp3) is 0.0909. The van der Waals surface area contributed by atoms with Gasteiger partial charge in [-0.25, -0.2) is 4.39 Å². The van der Waals surface area contributed by atoms with Crippen LogP contribution in [0.25, 0.3) is 0 Å². The first-order valence-electron chi connectivity index (χ1n) is 4.21. The SMILES string of the molecule is Fc1ccc(Cc2ccc[nH]2)cc1. The van der Waals surface area contributed by atoms with E-state index >= 15 is 0 Å². The van der Waals surface area contributed by atoms with E-state index in [1.807, 2.05) is 18.3 Å². The molecule has 1 aromatic heterocycles. The summed E-state index contributed by atoms with van der Waals surface area (Å²) in [5.74, 6) is -0.185. The van der Waals surface area contributed by atoms with Gasteiger partial charge in [-0.05, 0) is 29.8 Å². The van der Waals surface area contributed by atoms with Crippen molar-refractivity contribution in [2.45, 2.75) is 6.42 Å². The van der Waals surface area contributed by atoms with Crippen LogP contribution in [-0.4, -0.2) is 4.98 Å². The molecule has 1 aromatic carbocycles. The van der Waals surface area contributed by atoms with Crippen LogP contribution in [0.5, 0.6) is 0 Å². The zero-order chi connectivity index (χ0) is 9.10. The Bertz CT molecular complexity index is 361. The highest BCUT2D eigenvalue weighted by molar-refractivity contribution is 5.22. The summed E-state index contributed by atoms with van der Waals surface area (Å²) in [5, 5.41) is 0. The molecule has 2 aromatic rings. The first-order valence-corrected chi connectivity index (χ1v) is 4.21. The minimum absolute atomic E-state index is 0.185. The van der Waals surface area contributed by atoms with Crippen LogP contribution in [0.3, 0.4) is 0 Å². The van der Waals surface area contributed by atoms with Crippen molar-refractivity contribution in [2.75, 3.05) is 0 Å². The molecule has 0 radical (unpaired) electrons. The Kier molecular flexibility index (Phi) is 2.13. The fourth-order valence-electron chi connectivity index (χ4n) is 1.30. The van der Waals surface area contributed by atoms with Gasteiger partial charge in [-0.3, -0.25) is 0 Å². The molecule has 1 N–H and O–H groups in total. The van der Waals surface area contributed by atoms with Gasteiger partial charge in [0.05, 0.1) is 0 Å². The molecule has 2 heteroatoms. The summed E-state index contributed by atoms with van der Waals surface area (Å²) in [6.45, 7) is 0. The van der Waals surface area contributed by atoms with Gasteiger partial charge in [0.15, 0.2) is 0 Å². The summed E-state index contributed by atoms with van der Waals surface area (Å²) in [6, 6.07) is 10.5. The van der Waals surface area contributed by atoms with Gasteiger partial charge in [-0.15, -0.1) is 0 Å². The topological polar surface area (TPSA) is 15.8 Å². The van der Waals surface area contributed by atoms with Crippen LogP contribution >= 0.6 is 0 Å². The zero-order valence-electron chi connectivity index (χ0n) is 7.13. The Morgan fingerprint density at radius 1 is 1.08 bits per heavy atom. The van der Waals surface area contributed by atoms with Crippen LogP contribution in [-0.2, 0) is 6.42 Å². The maximum absolute atomic E-state index is 12.6. The first-order chi connectivity index (χ1) is 6.34. The van der Waals surface area contributed by atoms with Crippen LogP contribution < -0.4 is 0 Å². The van der Waals surface area contributed by atoms with Crippen molar-refractivity contribution in [3.63, 3.8) is 0 Å². The lowest BCUT2D eigenvalue weighted by Crippen LogP contribution is -1.87. The Balaban J connectivity index is 2.15. The molecule has 2 rings (SSSR count). The number of H-pyrrole nitrogens is 1. The molecule has 0 aliphatic carbocycles. The van der Waals surface area contributed by atoms with Crippen molar-refractivity contribution in [1.82, 2.24) is 4.98 Å². The number of rotatable bonds is 2. The summed E-state index contributed by atoms with van der Waals surface area (Å²) >= 11 is 0. The van der Waals surface area contributed by atoms with Crippen molar-refractivity contribution in [3.05, 3.63) is 59.7 Å². The lowest BCUT2D eigenvalue weighted by atomic mass is 10.1. The Morgan fingerprint density at radius 2 is 1.85 bits per heavy atom. The van der Waals surface area contributed by atoms with Gasteiger partial charge < -0.3 is 4.98 Å². The third-order valence-corrected chi connectivity index (χ3v) is 1.97. The summed E-state index contributed by atoms with van der Waals surface area (Å²) in [7, 11) is 0. The minimum Gasteiger partial charge on any atom is -0.365 e. The number of nitrogens with one attached hydrogen (secondary N) is 1. The van der Waals surface area contributed by atoms with E-state index in [0.29, 0.717) is 0 Å². The van der Waals surface area contributed by atoms with E-state index in [4.69, 9.17) is 0 Å². The molecule has 13 heavy (non-hydrogen) atoms. The van der Waals surface area contributed by atoms with Gasteiger partial charge in [0.25, 0.3) is 0 Å². The first kappa shape index (κ1) is 8.05. The van der Waals surface area contributed by atoms with Crippen LogP contribution in [0.4, 0.5) is 4.39 Å². The van der Waals surface area contributed by atoms with E-state index in [2.05, 4.69) is 4.98 Å². The number of hydrogen-bond donors (Lipinski definition) is 1. The van der Waals surface area contributed by atoms with E-state index in [0.717, 1.165) is 17.7 Å². The predicted molar refractivity (Wildman–Crippen MR) is 50.0 cm³/mol. The van der Waals surface area contributed by atoms with E-state index < -0.39 is 0 Å². The quantitative estimate of drug-likeness (QED) is 0.722. The second-order valence-electron chi connectivity index (χ2n) is 3.00. The minimum atomic E-state index is -0.185. The molecule has 0 aliphatic heterocycles. The van der Waals surface area contributed by atoms with Gasteiger partial charge in [0.1, 0.15) is 5.82 Å². The van der Waals surface area contributed by atoms with Crippen molar-refractivity contribution in [2.24, 2.45) is 0 Å². The normalized spacial score (nSPS) is 10.2. The smallest absolute Gasteiger partial charge is 0.123 e. The van der Waals surface area contributed by atoms with Crippen LogP contribution in [0, 0.1) is 5.82 Å². The van der Waals surface area contributed by atoms with Crippen molar-refractivity contribution < 1.29 is 4.39 Å². The molecule has 66 valence electrons. The van der Waals surface area contributed by atoms with E-state index in [9.17, 15) is 4.39 Å². The summed E-state index contributed by atoms with van der Waals surface area (Å²) in [6.07, 6.45) is 2.71. The molecule has 1 heterocycles. The highest BCUT2D eigenvalue weighted by Gasteiger charge is 1.96. The second-order valence-corrected chi connectivity index (χ2v) is 3.00. The van der Waals surface area contributed by atoms with Crippen molar-refractivity contribution in [1.29, 1.82) is 0 Å². The van der Waals surface area contributed by atoms with Gasteiger partial charge in [-0.1, -0.05) is 12.1 Å². The second kappa shape index (κ2) is 3.44. The molecule has 0 saturated carbocycles. The van der Waals surface area contributed by atoms with Crippen LogP contribution in [0.1, 0.15) is 11.3 Å². The monoisotopic (exact) mass is 175 g/mol. The van der Waals surface area contributed by atoms with Gasteiger partial charge in [0, 0.05) is 18.3 Å². The van der Waals surface area contributed by atoms with E-state index in [1.54, 1.807) is 12.1 Å². The standard InChI is InChI=1S/C11H10FN/c12-10-5-3-9(4-6-10)8-11-2-1-7-13-11/h1-7,13H,8H2. The largest absolute Gasteiger partial charge is 0.365 e. The molecule has 1 nitrogen and oxygen atoms in total. The third kappa shape index (κ3) is 1.96. The molecule has 0 saturated heterocycles.